The van der Waals surface area contributed by atoms with Gasteiger partial charge in [0, 0.05) is 18.8 Å². The maximum Gasteiger partial charge on any atom is 0.408 e. The van der Waals surface area contributed by atoms with E-state index in [0.29, 0.717) is 5.56 Å². The Labute approximate surface area is 100 Å². The summed E-state index contributed by atoms with van der Waals surface area (Å²) < 4.78 is 6.64. The van der Waals surface area contributed by atoms with Crippen molar-refractivity contribution in [3.05, 3.63) is 18.0 Å². The van der Waals surface area contributed by atoms with Crippen molar-refractivity contribution < 1.29 is 9.53 Å². The first-order valence-corrected chi connectivity index (χ1v) is 5.19. The van der Waals surface area contributed by atoms with Gasteiger partial charge in [-0.2, -0.15) is 10.4 Å². The largest absolute Gasteiger partial charge is 0.444 e. The third kappa shape index (κ3) is 4.15. The summed E-state index contributed by atoms with van der Waals surface area (Å²) in [5, 5.41) is 15.4. The molecular weight excluding hydrogens is 220 g/mol. The van der Waals surface area contributed by atoms with E-state index in [1.807, 2.05) is 6.07 Å². The molecule has 1 aromatic rings. The molecule has 1 heterocycles. The van der Waals surface area contributed by atoms with Crippen molar-refractivity contribution in [1.29, 1.82) is 5.26 Å². The molecule has 0 aromatic carbocycles. The number of rotatable bonds is 2. The van der Waals surface area contributed by atoms with E-state index >= 15 is 0 Å². The lowest BCUT2D eigenvalue weighted by Crippen LogP contribution is -2.34. The second-order valence-electron chi connectivity index (χ2n) is 4.66. The van der Waals surface area contributed by atoms with Crippen LogP contribution in [0.25, 0.3) is 0 Å². The highest BCUT2D eigenvalue weighted by Crippen LogP contribution is 2.12. The first-order valence-electron chi connectivity index (χ1n) is 5.19. The molecule has 0 aliphatic rings. The van der Waals surface area contributed by atoms with Crippen molar-refractivity contribution in [3.63, 3.8) is 0 Å². The minimum atomic E-state index is -0.751. The van der Waals surface area contributed by atoms with E-state index in [1.165, 1.54) is 6.20 Å². The highest BCUT2D eigenvalue weighted by Gasteiger charge is 2.20. The fourth-order valence-corrected chi connectivity index (χ4v) is 1.20. The first kappa shape index (κ1) is 13.0. The van der Waals surface area contributed by atoms with E-state index in [-0.39, 0.29) is 0 Å². The van der Waals surface area contributed by atoms with Crippen LogP contribution in [0.3, 0.4) is 0 Å². The van der Waals surface area contributed by atoms with Crippen molar-refractivity contribution in [2.45, 2.75) is 32.4 Å². The van der Waals surface area contributed by atoms with Gasteiger partial charge in [0.05, 0.1) is 12.3 Å². The van der Waals surface area contributed by atoms with Gasteiger partial charge in [0.15, 0.2) is 0 Å². The van der Waals surface area contributed by atoms with Gasteiger partial charge in [0.1, 0.15) is 11.6 Å². The van der Waals surface area contributed by atoms with E-state index < -0.39 is 17.7 Å². The van der Waals surface area contributed by atoms with Gasteiger partial charge in [-0.15, -0.1) is 0 Å². The highest BCUT2D eigenvalue weighted by atomic mass is 16.6. The van der Waals surface area contributed by atoms with Crippen LogP contribution in [0.2, 0.25) is 0 Å². The molecule has 1 atom stereocenters. The van der Waals surface area contributed by atoms with Crippen molar-refractivity contribution >= 4 is 6.09 Å². The average molecular weight is 236 g/mol. The Balaban J connectivity index is 2.66. The highest BCUT2D eigenvalue weighted by molar-refractivity contribution is 5.68. The van der Waals surface area contributed by atoms with Gasteiger partial charge in [0.25, 0.3) is 0 Å². The van der Waals surface area contributed by atoms with Crippen LogP contribution < -0.4 is 5.32 Å². The fourth-order valence-electron chi connectivity index (χ4n) is 1.20. The van der Waals surface area contributed by atoms with E-state index in [9.17, 15) is 4.79 Å². The van der Waals surface area contributed by atoms with Gasteiger partial charge in [-0.05, 0) is 20.8 Å². The van der Waals surface area contributed by atoms with Crippen LogP contribution >= 0.6 is 0 Å². The molecule has 1 amide bonds. The minimum Gasteiger partial charge on any atom is -0.444 e. The number of carbonyl (C=O) groups excluding carboxylic acids is 1. The molecular formula is C11H16N4O2. The van der Waals surface area contributed by atoms with Crippen molar-refractivity contribution in [2.24, 2.45) is 7.05 Å². The summed E-state index contributed by atoms with van der Waals surface area (Å²) in [6.45, 7) is 5.29. The Morgan fingerprint density at radius 2 is 2.29 bits per heavy atom. The number of nitrogens with zero attached hydrogens (tertiary/aromatic N) is 3. The summed E-state index contributed by atoms with van der Waals surface area (Å²) in [6, 6.07) is 1.23. The predicted molar refractivity (Wildman–Crippen MR) is 60.9 cm³/mol. The summed E-state index contributed by atoms with van der Waals surface area (Å²) in [7, 11) is 1.74. The Kier molecular flexibility index (Phi) is 3.73. The maximum atomic E-state index is 11.5. The molecule has 0 aliphatic carbocycles. The quantitative estimate of drug-likeness (QED) is 0.844. The Hall–Kier alpha value is -2.03. The van der Waals surface area contributed by atoms with Crippen LogP contribution in [-0.2, 0) is 11.8 Å². The third-order valence-electron chi connectivity index (χ3n) is 1.85. The van der Waals surface area contributed by atoms with Gasteiger partial charge >= 0.3 is 6.09 Å². The summed E-state index contributed by atoms with van der Waals surface area (Å²) >= 11 is 0. The second kappa shape index (κ2) is 4.87. The molecule has 0 saturated heterocycles. The smallest absolute Gasteiger partial charge is 0.408 e. The Morgan fingerprint density at radius 3 is 2.71 bits per heavy atom. The fraction of sp³-hybridized carbons (Fsp3) is 0.545. The molecule has 1 rings (SSSR count). The molecule has 0 saturated carbocycles. The summed E-state index contributed by atoms with van der Waals surface area (Å²) in [6.07, 6.45) is 2.59. The SMILES string of the molecule is Cn1cc(C(C#N)NC(=O)OC(C)(C)C)cn1. The van der Waals surface area contributed by atoms with Crippen LogP contribution in [-0.4, -0.2) is 21.5 Å². The molecule has 6 nitrogen and oxygen atoms in total. The summed E-state index contributed by atoms with van der Waals surface area (Å²) in [5.41, 5.74) is 0.0415. The standard InChI is InChI=1S/C11H16N4O2/c1-11(2,3)17-10(16)14-9(5-12)8-6-13-15(4)7-8/h6-7,9H,1-4H3,(H,14,16). The lowest BCUT2D eigenvalue weighted by atomic mass is 10.2. The summed E-state index contributed by atoms with van der Waals surface area (Å²) in [4.78, 5) is 11.5. The van der Waals surface area contributed by atoms with Gasteiger partial charge in [-0.25, -0.2) is 4.79 Å². The molecule has 17 heavy (non-hydrogen) atoms. The number of ether oxygens (including phenoxy) is 1. The van der Waals surface area contributed by atoms with Gasteiger partial charge in [-0.1, -0.05) is 0 Å². The molecule has 92 valence electrons. The van der Waals surface area contributed by atoms with Crippen LogP contribution in [0.1, 0.15) is 32.4 Å². The number of aromatic nitrogens is 2. The minimum absolute atomic E-state index is 0.584. The lowest BCUT2D eigenvalue weighted by Gasteiger charge is -2.20. The lowest BCUT2D eigenvalue weighted by molar-refractivity contribution is 0.0515. The zero-order chi connectivity index (χ0) is 13.1. The van der Waals surface area contributed by atoms with E-state index in [0.717, 1.165) is 0 Å². The topological polar surface area (TPSA) is 79.9 Å². The molecule has 0 aliphatic heterocycles. The average Bonchev–Trinajstić information content (AvgIpc) is 2.58. The molecule has 1 N–H and O–H groups in total. The molecule has 1 unspecified atom stereocenters. The Bertz CT molecular complexity index is 439. The number of nitriles is 1. The van der Waals surface area contributed by atoms with Crippen molar-refractivity contribution in [1.82, 2.24) is 15.1 Å². The number of alkyl carbamates (subject to hydrolysis) is 1. The monoisotopic (exact) mass is 236 g/mol. The molecule has 0 fully saturated rings. The van der Waals surface area contributed by atoms with Crippen LogP contribution in [0.4, 0.5) is 4.79 Å². The van der Waals surface area contributed by atoms with Crippen molar-refractivity contribution in [2.75, 3.05) is 0 Å². The normalized spacial score (nSPS) is 12.6. The van der Waals surface area contributed by atoms with E-state index in [4.69, 9.17) is 10.00 Å². The number of carbonyl (C=O) groups is 1. The zero-order valence-corrected chi connectivity index (χ0v) is 10.4. The third-order valence-corrected chi connectivity index (χ3v) is 1.85. The van der Waals surface area contributed by atoms with Crippen LogP contribution in [0.15, 0.2) is 12.4 Å². The summed E-state index contributed by atoms with van der Waals surface area (Å²) in [5.74, 6) is 0. The van der Waals surface area contributed by atoms with Crippen molar-refractivity contribution in [3.8, 4) is 6.07 Å². The first-order chi connectivity index (χ1) is 7.81. The van der Waals surface area contributed by atoms with Gasteiger partial charge in [-0.3, -0.25) is 4.68 Å². The molecule has 0 radical (unpaired) electrons. The van der Waals surface area contributed by atoms with Gasteiger partial charge in [0.2, 0.25) is 0 Å². The zero-order valence-electron chi connectivity index (χ0n) is 10.4. The number of aryl methyl sites for hydroxylation is 1. The van der Waals surface area contributed by atoms with Crippen LogP contribution in [0.5, 0.6) is 0 Å². The second-order valence-corrected chi connectivity index (χ2v) is 4.66. The molecule has 1 aromatic heterocycles. The van der Waals surface area contributed by atoms with E-state index in [2.05, 4.69) is 10.4 Å². The number of nitrogens with one attached hydrogen (secondary N) is 1. The molecule has 0 bridgehead atoms. The molecule has 6 heteroatoms. The molecule has 0 spiro atoms. The van der Waals surface area contributed by atoms with Gasteiger partial charge < -0.3 is 10.1 Å². The number of hydrogen-bond acceptors (Lipinski definition) is 4. The maximum absolute atomic E-state index is 11.5. The Morgan fingerprint density at radius 1 is 1.65 bits per heavy atom. The number of amides is 1. The van der Waals surface area contributed by atoms with Crippen LogP contribution in [0, 0.1) is 11.3 Å². The van der Waals surface area contributed by atoms with E-state index in [1.54, 1.807) is 38.7 Å². The number of hydrogen-bond donors (Lipinski definition) is 1. The predicted octanol–water partition coefficient (Wildman–Crippen LogP) is 1.51.